The van der Waals surface area contributed by atoms with Crippen molar-refractivity contribution in [1.29, 1.82) is 0 Å². The third kappa shape index (κ3) is 3.97. The minimum Gasteiger partial charge on any atom is -0.481 e. The number of ether oxygens (including phenoxy) is 2. The average molecular weight is 447 g/mol. The van der Waals surface area contributed by atoms with Crippen molar-refractivity contribution in [2.75, 3.05) is 11.5 Å². The van der Waals surface area contributed by atoms with Crippen LogP contribution in [0.5, 0.6) is 0 Å². The molecule has 2 unspecified atom stereocenters. The quantitative estimate of drug-likeness (QED) is 0.422. The standard InChI is InChI=1S/C16H18INO6/c1-23-15(21)13-12(14(19)20)7-11(8-17)18(13)16(22)24-9-10-5-3-2-4-6-10/h2-6,11-13H,7-9H2,1H3,(H,19,20)/t11?,12?,13-/m0/s1. The number of hydrogen-bond donors (Lipinski definition) is 1. The first-order valence-electron chi connectivity index (χ1n) is 7.35. The van der Waals surface area contributed by atoms with Gasteiger partial charge in [0.1, 0.15) is 12.6 Å². The smallest absolute Gasteiger partial charge is 0.411 e. The van der Waals surface area contributed by atoms with E-state index in [2.05, 4.69) is 22.6 Å². The molecule has 1 aromatic rings. The van der Waals surface area contributed by atoms with Crippen molar-refractivity contribution in [2.24, 2.45) is 5.92 Å². The molecule has 0 bridgehead atoms. The summed E-state index contributed by atoms with van der Waals surface area (Å²) < 4.78 is 10.5. The molecule has 8 heteroatoms. The zero-order valence-electron chi connectivity index (χ0n) is 13.1. The maximum absolute atomic E-state index is 12.5. The fourth-order valence-corrected chi connectivity index (χ4v) is 3.57. The lowest BCUT2D eigenvalue weighted by molar-refractivity contribution is -0.153. The number of carboxylic acid groups (broad SMARTS) is 1. The van der Waals surface area contributed by atoms with Gasteiger partial charge in [-0.2, -0.15) is 0 Å². The zero-order valence-corrected chi connectivity index (χ0v) is 15.2. The fourth-order valence-electron chi connectivity index (χ4n) is 2.78. The Kier molecular flexibility index (Phi) is 6.41. The summed E-state index contributed by atoms with van der Waals surface area (Å²) in [5, 5.41) is 9.36. The highest BCUT2D eigenvalue weighted by Crippen LogP contribution is 2.33. The molecule has 7 nitrogen and oxygen atoms in total. The molecule has 1 fully saturated rings. The lowest BCUT2D eigenvalue weighted by atomic mass is 9.99. The Hall–Kier alpha value is -1.84. The van der Waals surface area contributed by atoms with Crippen molar-refractivity contribution in [3.8, 4) is 0 Å². The van der Waals surface area contributed by atoms with Crippen LogP contribution in [0.3, 0.4) is 0 Å². The van der Waals surface area contributed by atoms with Gasteiger partial charge in [-0.05, 0) is 12.0 Å². The Morgan fingerprint density at radius 1 is 1.29 bits per heavy atom. The first kappa shape index (κ1) is 18.5. The van der Waals surface area contributed by atoms with Gasteiger partial charge in [-0.15, -0.1) is 0 Å². The summed E-state index contributed by atoms with van der Waals surface area (Å²) in [4.78, 5) is 37.2. The Morgan fingerprint density at radius 2 is 1.96 bits per heavy atom. The lowest BCUT2D eigenvalue weighted by Gasteiger charge is -2.27. The molecule has 1 aliphatic heterocycles. The van der Waals surface area contributed by atoms with Gasteiger partial charge < -0.3 is 14.6 Å². The molecule has 3 atom stereocenters. The number of carbonyl (C=O) groups excluding carboxylic acids is 2. The SMILES string of the molecule is COC(=O)[C@@H]1C(C(=O)O)CC(CI)N1C(=O)OCc1ccccc1. The van der Waals surface area contributed by atoms with Gasteiger partial charge in [0.2, 0.25) is 0 Å². The summed E-state index contributed by atoms with van der Waals surface area (Å²) in [7, 11) is 1.17. The van der Waals surface area contributed by atoms with Crippen molar-refractivity contribution in [3.05, 3.63) is 35.9 Å². The summed E-state index contributed by atoms with van der Waals surface area (Å²) >= 11 is 2.06. The van der Waals surface area contributed by atoms with E-state index in [9.17, 15) is 19.5 Å². The van der Waals surface area contributed by atoms with Crippen molar-refractivity contribution in [2.45, 2.75) is 25.1 Å². The summed E-state index contributed by atoms with van der Waals surface area (Å²) in [5.41, 5.74) is 0.806. The highest BCUT2D eigenvalue weighted by Gasteiger charge is 2.51. The number of rotatable bonds is 5. The van der Waals surface area contributed by atoms with Crippen LogP contribution in [0.25, 0.3) is 0 Å². The molecule has 1 saturated heterocycles. The molecule has 2 rings (SSSR count). The van der Waals surface area contributed by atoms with Crippen LogP contribution in [-0.2, 0) is 25.7 Å². The molecule has 1 aromatic carbocycles. The van der Waals surface area contributed by atoms with E-state index in [1.54, 1.807) is 0 Å². The van der Waals surface area contributed by atoms with Crippen LogP contribution in [0, 0.1) is 5.92 Å². The molecule has 0 radical (unpaired) electrons. The number of benzene rings is 1. The van der Waals surface area contributed by atoms with E-state index in [0.29, 0.717) is 4.43 Å². The Labute approximate surface area is 153 Å². The number of methoxy groups -OCH3 is 1. The third-order valence-electron chi connectivity index (χ3n) is 3.95. The third-order valence-corrected chi connectivity index (χ3v) is 4.97. The number of hydrogen-bond acceptors (Lipinski definition) is 5. The molecule has 1 aliphatic rings. The minimum absolute atomic E-state index is 0.0514. The first-order chi connectivity index (χ1) is 11.5. The van der Waals surface area contributed by atoms with E-state index in [1.807, 2.05) is 30.3 Å². The minimum atomic E-state index is -1.17. The molecule has 1 N–H and O–H groups in total. The number of nitrogens with zero attached hydrogens (tertiary/aromatic N) is 1. The predicted octanol–water partition coefficient (Wildman–Crippen LogP) is 2.07. The van der Waals surface area contributed by atoms with E-state index in [1.165, 1.54) is 12.0 Å². The number of carbonyl (C=O) groups is 3. The second kappa shape index (κ2) is 8.32. The molecule has 130 valence electrons. The number of esters is 1. The summed E-state index contributed by atoms with van der Waals surface area (Å²) in [6, 6.07) is 7.56. The van der Waals surface area contributed by atoms with Crippen LogP contribution < -0.4 is 0 Å². The first-order valence-corrected chi connectivity index (χ1v) is 8.87. The largest absolute Gasteiger partial charge is 0.481 e. The average Bonchev–Trinajstić information content (AvgIpc) is 2.99. The Balaban J connectivity index is 2.17. The molecule has 0 aromatic heterocycles. The maximum atomic E-state index is 12.5. The number of carboxylic acids is 1. The Morgan fingerprint density at radius 3 is 2.50 bits per heavy atom. The van der Waals surface area contributed by atoms with Crippen molar-refractivity contribution >= 4 is 40.6 Å². The zero-order chi connectivity index (χ0) is 17.7. The molecule has 1 amide bonds. The van der Waals surface area contributed by atoms with E-state index < -0.39 is 30.0 Å². The predicted molar refractivity (Wildman–Crippen MR) is 92.7 cm³/mol. The highest BCUT2D eigenvalue weighted by atomic mass is 127. The normalized spacial score (nSPS) is 22.9. The van der Waals surface area contributed by atoms with Crippen molar-refractivity contribution in [3.63, 3.8) is 0 Å². The summed E-state index contributed by atoms with van der Waals surface area (Å²) in [6.45, 7) is 0.0514. The second-order valence-electron chi connectivity index (χ2n) is 5.40. The van der Waals surface area contributed by atoms with Crippen LogP contribution in [0.15, 0.2) is 30.3 Å². The van der Waals surface area contributed by atoms with E-state index in [4.69, 9.17) is 9.47 Å². The molecule has 24 heavy (non-hydrogen) atoms. The molecule has 0 spiro atoms. The van der Waals surface area contributed by atoms with Gasteiger partial charge in [-0.25, -0.2) is 9.59 Å². The highest BCUT2D eigenvalue weighted by molar-refractivity contribution is 14.1. The lowest BCUT2D eigenvalue weighted by Crippen LogP contribution is -2.48. The topological polar surface area (TPSA) is 93.1 Å². The maximum Gasteiger partial charge on any atom is 0.411 e. The van der Waals surface area contributed by atoms with Crippen molar-refractivity contribution < 1.29 is 29.0 Å². The van der Waals surface area contributed by atoms with Crippen LogP contribution in [0.2, 0.25) is 0 Å². The molecule has 1 heterocycles. The molecule has 0 aliphatic carbocycles. The van der Waals surface area contributed by atoms with Gasteiger partial charge in [0.15, 0.2) is 0 Å². The van der Waals surface area contributed by atoms with Crippen LogP contribution in [-0.4, -0.2) is 51.7 Å². The number of likely N-dealkylation sites (tertiary alicyclic amines) is 1. The van der Waals surface area contributed by atoms with Gasteiger partial charge in [0, 0.05) is 10.5 Å². The van der Waals surface area contributed by atoms with Gasteiger partial charge in [-0.1, -0.05) is 52.9 Å². The Bertz CT molecular complexity index is 608. The van der Waals surface area contributed by atoms with Crippen LogP contribution in [0.4, 0.5) is 4.79 Å². The molecular weight excluding hydrogens is 429 g/mol. The van der Waals surface area contributed by atoms with Gasteiger partial charge in [-0.3, -0.25) is 9.69 Å². The number of aliphatic carboxylic acids is 1. The summed E-state index contributed by atoms with van der Waals surface area (Å²) in [5.74, 6) is -2.87. The summed E-state index contributed by atoms with van der Waals surface area (Å²) in [6.07, 6.45) is -0.516. The second-order valence-corrected chi connectivity index (χ2v) is 6.28. The van der Waals surface area contributed by atoms with Crippen LogP contribution in [0.1, 0.15) is 12.0 Å². The van der Waals surface area contributed by atoms with E-state index >= 15 is 0 Å². The number of halogens is 1. The van der Waals surface area contributed by atoms with Gasteiger partial charge in [0.25, 0.3) is 0 Å². The van der Waals surface area contributed by atoms with Gasteiger partial charge >= 0.3 is 18.0 Å². The van der Waals surface area contributed by atoms with E-state index in [0.717, 1.165) is 5.56 Å². The number of amides is 1. The molecular formula is C16H18INO6. The number of alkyl halides is 1. The monoisotopic (exact) mass is 447 g/mol. The van der Waals surface area contributed by atoms with Crippen molar-refractivity contribution in [1.82, 2.24) is 4.90 Å². The molecule has 0 saturated carbocycles. The fraction of sp³-hybridized carbons (Fsp3) is 0.438. The van der Waals surface area contributed by atoms with Gasteiger partial charge in [0.05, 0.1) is 13.0 Å². The van der Waals surface area contributed by atoms with Crippen LogP contribution >= 0.6 is 22.6 Å². The van der Waals surface area contributed by atoms with E-state index in [-0.39, 0.29) is 19.1 Å².